The predicted molar refractivity (Wildman–Crippen MR) is 81.6 cm³/mol. The lowest BCUT2D eigenvalue weighted by molar-refractivity contribution is 0.203. The van der Waals surface area contributed by atoms with Gasteiger partial charge in [-0.05, 0) is 31.2 Å². The minimum absolute atomic E-state index is 0.431. The molecule has 4 nitrogen and oxygen atoms in total. The summed E-state index contributed by atoms with van der Waals surface area (Å²) in [5.41, 5.74) is 0. The first-order valence-corrected chi connectivity index (χ1v) is 6.95. The molecule has 0 aliphatic heterocycles. The van der Waals surface area contributed by atoms with Crippen LogP contribution in [-0.2, 0) is 0 Å². The Morgan fingerprint density at radius 2 is 1.10 bits per heavy atom. The van der Waals surface area contributed by atoms with Crippen LogP contribution < -0.4 is 18.9 Å². The quantitative estimate of drug-likeness (QED) is 0.696. The summed E-state index contributed by atoms with van der Waals surface area (Å²) >= 11 is 0. The molecule has 112 valence electrons. The number of benzene rings is 2. The van der Waals surface area contributed by atoms with E-state index in [1.54, 1.807) is 7.11 Å². The molecule has 0 heterocycles. The van der Waals surface area contributed by atoms with Crippen LogP contribution in [0.15, 0.2) is 48.5 Å². The van der Waals surface area contributed by atoms with E-state index in [-0.39, 0.29) is 0 Å². The molecule has 21 heavy (non-hydrogen) atoms. The van der Waals surface area contributed by atoms with Gasteiger partial charge in [-0.15, -0.1) is 0 Å². The van der Waals surface area contributed by atoms with Gasteiger partial charge in [0.1, 0.15) is 13.2 Å². The number of hydrogen-bond donors (Lipinski definition) is 0. The van der Waals surface area contributed by atoms with Gasteiger partial charge in [0.2, 0.25) is 0 Å². The molecule has 0 unspecified atom stereocenters. The average molecular weight is 288 g/mol. The first-order valence-electron chi connectivity index (χ1n) is 6.95. The molecule has 2 aromatic carbocycles. The Bertz CT molecular complexity index is 554. The van der Waals surface area contributed by atoms with Crippen LogP contribution >= 0.6 is 0 Å². The van der Waals surface area contributed by atoms with Crippen molar-refractivity contribution in [3.63, 3.8) is 0 Å². The maximum Gasteiger partial charge on any atom is 0.161 e. The molecule has 0 radical (unpaired) electrons. The minimum Gasteiger partial charge on any atom is -0.493 e. The summed E-state index contributed by atoms with van der Waals surface area (Å²) in [6.07, 6.45) is 0. The molecule has 2 rings (SSSR count). The summed E-state index contributed by atoms with van der Waals surface area (Å²) in [6, 6.07) is 15.1. The van der Waals surface area contributed by atoms with Crippen molar-refractivity contribution in [1.82, 2.24) is 0 Å². The zero-order valence-corrected chi connectivity index (χ0v) is 12.4. The first-order chi connectivity index (χ1) is 10.3. The molecule has 0 fully saturated rings. The summed E-state index contributed by atoms with van der Waals surface area (Å²) in [6.45, 7) is 3.42. The zero-order chi connectivity index (χ0) is 14.9. The van der Waals surface area contributed by atoms with Crippen LogP contribution in [0.2, 0.25) is 0 Å². The highest BCUT2D eigenvalue weighted by molar-refractivity contribution is 5.40. The Labute approximate surface area is 125 Å². The van der Waals surface area contributed by atoms with Crippen molar-refractivity contribution in [3.05, 3.63) is 48.5 Å². The van der Waals surface area contributed by atoms with Gasteiger partial charge in [0.05, 0.1) is 13.7 Å². The second-order valence-electron chi connectivity index (χ2n) is 4.23. The summed E-state index contributed by atoms with van der Waals surface area (Å²) in [7, 11) is 1.62. The summed E-state index contributed by atoms with van der Waals surface area (Å²) < 4.78 is 22.1. The van der Waals surface area contributed by atoms with Crippen LogP contribution in [-0.4, -0.2) is 26.9 Å². The van der Waals surface area contributed by atoms with E-state index >= 15 is 0 Å². The molecule has 0 bridgehead atoms. The fourth-order valence-electron chi connectivity index (χ4n) is 1.89. The Morgan fingerprint density at radius 1 is 0.667 bits per heavy atom. The highest BCUT2D eigenvalue weighted by Crippen LogP contribution is 2.27. The van der Waals surface area contributed by atoms with Crippen molar-refractivity contribution in [2.24, 2.45) is 0 Å². The zero-order valence-electron chi connectivity index (χ0n) is 12.4. The van der Waals surface area contributed by atoms with Crippen LogP contribution in [0, 0.1) is 0 Å². The van der Waals surface area contributed by atoms with Crippen LogP contribution in [0.1, 0.15) is 6.92 Å². The number of hydrogen-bond acceptors (Lipinski definition) is 4. The van der Waals surface area contributed by atoms with Crippen molar-refractivity contribution < 1.29 is 18.9 Å². The van der Waals surface area contributed by atoms with E-state index in [2.05, 4.69) is 0 Å². The molecule has 4 heteroatoms. The van der Waals surface area contributed by atoms with Gasteiger partial charge in [-0.2, -0.15) is 0 Å². The fourth-order valence-corrected chi connectivity index (χ4v) is 1.89. The number of para-hydroxylation sites is 4. The highest BCUT2D eigenvalue weighted by atomic mass is 16.5. The van der Waals surface area contributed by atoms with Crippen molar-refractivity contribution in [3.8, 4) is 23.0 Å². The lowest BCUT2D eigenvalue weighted by Gasteiger charge is -2.13. The molecular weight excluding hydrogens is 268 g/mol. The molecule has 0 aliphatic carbocycles. The summed E-state index contributed by atoms with van der Waals surface area (Å²) in [4.78, 5) is 0. The van der Waals surface area contributed by atoms with E-state index < -0.39 is 0 Å². The second-order valence-corrected chi connectivity index (χ2v) is 4.23. The van der Waals surface area contributed by atoms with Crippen LogP contribution in [0.25, 0.3) is 0 Å². The van der Waals surface area contributed by atoms with Crippen molar-refractivity contribution in [1.29, 1.82) is 0 Å². The van der Waals surface area contributed by atoms with Crippen LogP contribution in [0.3, 0.4) is 0 Å². The first kappa shape index (κ1) is 15.0. The van der Waals surface area contributed by atoms with Crippen LogP contribution in [0.4, 0.5) is 0 Å². The smallest absolute Gasteiger partial charge is 0.161 e. The topological polar surface area (TPSA) is 36.9 Å². The molecule has 0 aromatic heterocycles. The van der Waals surface area contributed by atoms with E-state index in [0.717, 1.165) is 11.5 Å². The van der Waals surface area contributed by atoms with Gasteiger partial charge < -0.3 is 18.9 Å². The van der Waals surface area contributed by atoms with Crippen LogP contribution in [0.5, 0.6) is 23.0 Å². The monoisotopic (exact) mass is 288 g/mol. The molecule has 0 aliphatic rings. The highest BCUT2D eigenvalue weighted by Gasteiger charge is 2.05. The van der Waals surface area contributed by atoms with Crippen molar-refractivity contribution in [2.45, 2.75) is 6.92 Å². The normalized spacial score (nSPS) is 10.0. The molecule has 0 saturated carbocycles. The van der Waals surface area contributed by atoms with E-state index in [9.17, 15) is 0 Å². The van der Waals surface area contributed by atoms with E-state index in [1.807, 2.05) is 55.5 Å². The van der Waals surface area contributed by atoms with Gasteiger partial charge in [-0.3, -0.25) is 0 Å². The second kappa shape index (κ2) is 8.04. The molecule has 2 aromatic rings. The van der Waals surface area contributed by atoms with Gasteiger partial charge in [0.25, 0.3) is 0 Å². The van der Waals surface area contributed by atoms with Gasteiger partial charge in [-0.25, -0.2) is 0 Å². The SMILES string of the molecule is CCOc1ccccc1OCCOc1ccccc1OC. The van der Waals surface area contributed by atoms with E-state index in [0.29, 0.717) is 31.3 Å². The third-order valence-electron chi connectivity index (χ3n) is 2.82. The molecule has 0 spiro atoms. The summed E-state index contributed by atoms with van der Waals surface area (Å²) in [5, 5.41) is 0. The predicted octanol–water partition coefficient (Wildman–Crippen LogP) is 3.55. The van der Waals surface area contributed by atoms with Crippen molar-refractivity contribution in [2.75, 3.05) is 26.9 Å². The molecule has 0 N–H and O–H groups in total. The Morgan fingerprint density at radius 3 is 1.57 bits per heavy atom. The van der Waals surface area contributed by atoms with E-state index in [1.165, 1.54) is 0 Å². The number of rotatable bonds is 8. The Hall–Kier alpha value is -2.36. The number of methoxy groups -OCH3 is 1. The minimum atomic E-state index is 0.431. The number of ether oxygens (including phenoxy) is 4. The van der Waals surface area contributed by atoms with Gasteiger partial charge in [0.15, 0.2) is 23.0 Å². The largest absolute Gasteiger partial charge is 0.493 e. The molecular formula is C17H20O4. The molecule has 0 saturated heterocycles. The lowest BCUT2D eigenvalue weighted by Crippen LogP contribution is -2.10. The Balaban J connectivity index is 1.85. The van der Waals surface area contributed by atoms with Gasteiger partial charge in [-0.1, -0.05) is 24.3 Å². The van der Waals surface area contributed by atoms with Gasteiger partial charge >= 0.3 is 0 Å². The molecule has 0 amide bonds. The maximum atomic E-state index is 5.69. The Kier molecular flexibility index (Phi) is 5.76. The van der Waals surface area contributed by atoms with E-state index in [4.69, 9.17) is 18.9 Å². The summed E-state index contributed by atoms with van der Waals surface area (Å²) in [5.74, 6) is 2.90. The third-order valence-corrected chi connectivity index (χ3v) is 2.82. The fraction of sp³-hybridized carbons (Fsp3) is 0.294. The lowest BCUT2D eigenvalue weighted by atomic mass is 10.3. The average Bonchev–Trinajstić information content (AvgIpc) is 2.53. The standard InChI is InChI=1S/C17H20O4/c1-3-19-16-10-6-7-11-17(16)21-13-12-20-15-9-5-4-8-14(15)18-2/h4-11H,3,12-13H2,1-2H3. The van der Waals surface area contributed by atoms with Crippen molar-refractivity contribution >= 4 is 0 Å². The third kappa shape index (κ3) is 4.31. The maximum absolute atomic E-state index is 5.69. The van der Waals surface area contributed by atoms with Gasteiger partial charge in [0, 0.05) is 0 Å². The molecule has 0 atom stereocenters.